The molecule has 0 radical (unpaired) electrons. The second-order valence-electron chi connectivity index (χ2n) is 4.60. The Hall–Kier alpha value is -1.97. The molecule has 0 saturated heterocycles. The Balaban J connectivity index is 2.26. The second-order valence-corrected chi connectivity index (χ2v) is 4.60. The summed E-state index contributed by atoms with van der Waals surface area (Å²) < 4.78 is 10.2. The van der Waals surface area contributed by atoms with Crippen LogP contribution in [0.3, 0.4) is 0 Å². The Morgan fingerprint density at radius 1 is 0.850 bits per heavy atom. The molecule has 20 heavy (non-hydrogen) atoms. The van der Waals surface area contributed by atoms with Gasteiger partial charge in [0.25, 0.3) is 0 Å². The molecule has 0 amide bonds. The first-order chi connectivity index (χ1) is 9.74. The van der Waals surface area contributed by atoms with Crippen LogP contribution in [0.25, 0.3) is 0 Å². The van der Waals surface area contributed by atoms with E-state index in [1.54, 1.807) is 14.2 Å². The predicted molar refractivity (Wildman–Crippen MR) is 77.7 cm³/mol. The number of hydrogen-bond acceptors (Lipinski definition) is 3. The van der Waals surface area contributed by atoms with Gasteiger partial charge in [-0.15, -0.1) is 0 Å². The molecular formula is C17H18O3. The fourth-order valence-electron chi connectivity index (χ4n) is 2.10. The molecule has 0 aliphatic carbocycles. The summed E-state index contributed by atoms with van der Waals surface area (Å²) in [5.41, 5.74) is 3.33. The standard InChI is InChI=1S/C17H18O3/c1-19-11-13-5-3-7-15(9-13)17(18)16-8-4-6-14(10-16)12-20-2/h3-10H,11-12H2,1-2H3. The van der Waals surface area contributed by atoms with Gasteiger partial charge >= 0.3 is 0 Å². The van der Waals surface area contributed by atoms with Crippen molar-refractivity contribution in [1.82, 2.24) is 0 Å². The molecule has 0 bridgehead atoms. The van der Waals surface area contributed by atoms with Crippen molar-refractivity contribution in [3.63, 3.8) is 0 Å². The normalized spacial score (nSPS) is 10.5. The maximum Gasteiger partial charge on any atom is 0.193 e. The summed E-state index contributed by atoms with van der Waals surface area (Å²) in [6.07, 6.45) is 0. The number of carbonyl (C=O) groups excluding carboxylic acids is 1. The molecule has 0 spiro atoms. The Labute approximate surface area is 119 Å². The van der Waals surface area contributed by atoms with Crippen molar-refractivity contribution < 1.29 is 14.3 Å². The Kier molecular flexibility index (Phi) is 5.04. The van der Waals surface area contributed by atoms with Gasteiger partial charge in [0, 0.05) is 25.3 Å². The van der Waals surface area contributed by atoms with Crippen LogP contribution < -0.4 is 0 Å². The third kappa shape index (κ3) is 3.53. The van der Waals surface area contributed by atoms with E-state index in [2.05, 4.69) is 0 Å². The Morgan fingerprint density at radius 3 is 1.70 bits per heavy atom. The number of carbonyl (C=O) groups is 1. The zero-order valence-electron chi connectivity index (χ0n) is 11.8. The fraction of sp³-hybridized carbons (Fsp3) is 0.235. The van der Waals surface area contributed by atoms with E-state index in [0.29, 0.717) is 24.3 Å². The second kappa shape index (κ2) is 6.98. The molecule has 0 N–H and O–H groups in total. The van der Waals surface area contributed by atoms with E-state index in [4.69, 9.17) is 9.47 Å². The molecule has 0 aliphatic rings. The monoisotopic (exact) mass is 270 g/mol. The molecule has 2 aromatic carbocycles. The lowest BCUT2D eigenvalue weighted by molar-refractivity contribution is 0.103. The minimum Gasteiger partial charge on any atom is -0.380 e. The van der Waals surface area contributed by atoms with Gasteiger partial charge in [-0.2, -0.15) is 0 Å². The largest absolute Gasteiger partial charge is 0.380 e. The third-order valence-electron chi connectivity index (χ3n) is 3.00. The zero-order chi connectivity index (χ0) is 14.4. The lowest BCUT2D eigenvalue weighted by Gasteiger charge is -2.06. The summed E-state index contributed by atoms with van der Waals surface area (Å²) in [4.78, 5) is 12.5. The van der Waals surface area contributed by atoms with E-state index in [0.717, 1.165) is 11.1 Å². The molecule has 2 rings (SSSR count). The van der Waals surface area contributed by atoms with E-state index >= 15 is 0 Å². The molecule has 104 valence electrons. The van der Waals surface area contributed by atoms with Gasteiger partial charge in [-0.3, -0.25) is 4.79 Å². The number of hydrogen-bond donors (Lipinski definition) is 0. The molecule has 2 aromatic rings. The zero-order valence-corrected chi connectivity index (χ0v) is 11.8. The van der Waals surface area contributed by atoms with E-state index in [-0.39, 0.29) is 5.78 Å². The average molecular weight is 270 g/mol. The number of rotatable bonds is 6. The van der Waals surface area contributed by atoms with Crippen LogP contribution in [0.2, 0.25) is 0 Å². The van der Waals surface area contributed by atoms with Gasteiger partial charge in [-0.25, -0.2) is 0 Å². The number of methoxy groups -OCH3 is 2. The Bertz CT molecular complexity index is 539. The highest BCUT2D eigenvalue weighted by molar-refractivity contribution is 6.09. The van der Waals surface area contributed by atoms with Gasteiger partial charge in [-0.1, -0.05) is 36.4 Å². The highest BCUT2D eigenvalue weighted by atomic mass is 16.5. The van der Waals surface area contributed by atoms with Crippen LogP contribution in [0, 0.1) is 0 Å². The summed E-state index contributed by atoms with van der Waals surface area (Å²) in [6, 6.07) is 15.0. The van der Waals surface area contributed by atoms with Crippen molar-refractivity contribution in [2.45, 2.75) is 13.2 Å². The van der Waals surface area contributed by atoms with Crippen molar-refractivity contribution in [1.29, 1.82) is 0 Å². The number of ketones is 1. The van der Waals surface area contributed by atoms with Crippen molar-refractivity contribution in [3.05, 3.63) is 70.8 Å². The van der Waals surface area contributed by atoms with E-state index in [9.17, 15) is 4.79 Å². The van der Waals surface area contributed by atoms with Crippen molar-refractivity contribution in [3.8, 4) is 0 Å². The quantitative estimate of drug-likeness (QED) is 0.756. The lowest BCUT2D eigenvalue weighted by atomic mass is 10.00. The minimum atomic E-state index is 0.0147. The number of benzene rings is 2. The molecule has 0 aliphatic heterocycles. The van der Waals surface area contributed by atoms with E-state index < -0.39 is 0 Å². The first kappa shape index (κ1) is 14.4. The van der Waals surface area contributed by atoms with Crippen LogP contribution >= 0.6 is 0 Å². The smallest absolute Gasteiger partial charge is 0.193 e. The molecule has 0 aromatic heterocycles. The average Bonchev–Trinajstić information content (AvgIpc) is 2.48. The fourth-order valence-corrected chi connectivity index (χ4v) is 2.10. The molecule has 0 saturated carbocycles. The molecule has 3 heteroatoms. The summed E-state index contributed by atoms with van der Waals surface area (Å²) in [5, 5.41) is 0. The summed E-state index contributed by atoms with van der Waals surface area (Å²) in [6.45, 7) is 1.01. The van der Waals surface area contributed by atoms with Crippen LogP contribution in [-0.4, -0.2) is 20.0 Å². The highest BCUT2D eigenvalue weighted by Gasteiger charge is 2.10. The van der Waals surface area contributed by atoms with Gasteiger partial charge in [0.05, 0.1) is 13.2 Å². The molecule has 0 unspecified atom stereocenters. The summed E-state index contributed by atoms with van der Waals surface area (Å²) in [7, 11) is 3.28. The van der Waals surface area contributed by atoms with Gasteiger partial charge in [0.15, 0.2) is 5.78 Å². The van der Waals surface area contributed by atoms with E-state index in [1.807, 2.05) is 48.5 Å². The topological polar surface area (TPSA) is 35.5 Å². The molecule has 0 fully saturated rings. The first-order valence-electron chi connectivity index (χ1n) is 6.45. The van der Waals surface area contributed by atoms with Crippen molar-refractivity contribution in [2.24, 2.45) is 0 Å². The molecule has 0 atom stereocenters. The van der Waals surface area contributed by atoms with Gasteiger partial charge in [0.2, 0.25) is 0 Å². The molecular weight excluding hydrogens is 252 g/mol. The van der Waals surface area contributed by atoms with Crippen LogP contribution in [0.1, 0.15) is 27.0 Å². The summed E-state index contributed by atoms with van der Waals surface area (Å²) >= 11 is 0. The first-order valence-corrected chi connectivity index (χ1v) is 6.45. The highest BCUT2D eigenvalue weighted by Crippen LogP contribution is 2.14. The van der Waals surface area contributed by atoms with Crippen LogP contribution in [0.15, 0.2) is 48.5 Å². The van der Waals surface area contributed by atoms with Crippen LogP contribution in [-0.2, 0) is 22.7 Å². The predicted octanol–water partition coefficient (Wildman–Crippen LogP) is 3.21. The van der Waals surface area contributed by atoms with Gasteiger partial charge in [-0.05, 0) is 23.3 Å². The maximum atomic E-state index is 12.5. The molecule has 0 heterocycles. The van der Waals surface area contributed by atoms with Gasteiger partial charge < -0.3 is 9.47 Å². The van der Waals surface area contributed by atoms with Gasteiger partial charge in [0.1, 0.15) is 0 Å². The lowest BCUT2D eigenvalue weighted by Crippen LogP contribution is -2.03. The number of ether oxygens (including phenoxy) is 2. The van der Waals surface area contributed by atoms with Crippen LogP contribution in [0.4, 0.5) is 0 Å². The van der Waals surface area contributed by atoms with Crippen molar-refractivity contribution in [2.75, 3.05) is 14.2 Å². The SMILES string of the molecule is COCc1cccc(C(=O)c2cccc(COC)c2)c1. The minimum absolute atomic E-state index is 0.0147. The van der Waals surface area contributed by atoms with Crippen LogP contribution in [0.5, 0.6) is 0 Å². The Morgan fingerprint density at radius 2 is 1.30 bits per heavy atom. The van der Waals surface area contributed by atoms with Crippen molar-refractivity contribution >= 4 is 5.78 Å². The third-order valence-corrected chi connectivity index (χ3v) is 3.00. The summed E-state index contributed by atoms with van der Waals surface area (Å²) in [5.74, 6) is 0.0147. The van der Waals surface area contributed by atoms with E-state index in [1.165, 1.54) is 0 Å². The maximum absolute atomic E-state index is 12.5. The molecule has 3 nitrogen and oxygen atoms in total.